The Morgan fingerprint density at radius 2 is 1.42 bits per heavy atom. The van der Waals surface area contributed by atoms with Gasteiger partial charge in [0.2, 0.25) is 0 Å². The molecule has 5 saturated carbocycles. The Morgan fingerprint density at radius 3 is 2.09 bits per heavy atom. The van der Waals surface area contributed by atoms with Crippen LogP contribution in [0.1, 0.15) is 113 Å². The second kappa shape index (κ2) is 6.74. The Balaban J connectivity index is 1.58. The highest BCUT2D eigenvalue weighted by Gasteiger charge is 2.72. The third kappa shape index (κ3) is 2.73. The maximum Gasteiger partial charge on any atom is 0.139 e. The number of fused-ring (bicyclic) bond motifs is 7. The standard InChI is InChI=1S/C30H48O3/c1-18-19(31)9-10-20-27(5)12-14-29(7)22-16-25(2,3)24(33)17-26(22,4)11-13-28(29,6)21(27)15-23(32)30(18,20)8/h18,20-23,32H,9-17H2,1-8H3/t18-,20-,21-,22+,23+,26-,27-,28+,29-,30+/m0/s1. The van der Waals surface area contributed by atoms with E-state index in [9.17, 15) is 14.7 Å². The van der Waals surface area contributed by atoms with Crippen LogP contribution in [0.4, 0.5) is 0 Å². The summed E-state index contributed by atoms with van der Waals surface area (Å²) in [5, 5.41) is 11.7. The zero-order valence-corrected chi connectivity index (χ0v) is 22.5. The second-order valence-corrected chi connectivity index (χ2v) is 15.2. The lowest BCUT2D eigenvalue weighted by Crippen LogP contribution is -2.70. The molecule has 3 heteroatoms. The van der Waals surface area contributed by atoms with Gasteiger partial charge in [0.1, 0.15) is 11.6 Å². The lowest BCUT2D eigenvalue weighted by atomic mass is 9.30. The smallest absolute Gasteiger partial charge is 0.139 e. The summed E-state index contributed by atoms with van der Waals surface area (Å²) in [4.78, 5) is 25.8. The van der Waals surface area contributed by atoms with Crippen LogP contribution < -0.4 is 0 Å². The number of Topliss-reactive ketones (excluding diaryl/α,β-unsaturated/α-hetero) is 2. The zero-order chi connectivity index (χ0) is 24.4. The summed E-state index contributed by atoms with van der Waals surface area (Å²) in [6, 6.07) is 0. The van der Waals surface area contributed by atoms with E-state index in [1.165, 1.54) is 12.8 Å². The van der Waals surface area contributed by atoms with Gasteiger partial charge in [-0.15, -0.1) is 0 Å². The molecule has 5 fully saturated rings. The van der Waals surface area contributed by atoms with Gasteiger partial charge in [0.05, 0.1) is 6.10 Å². The van der Waals surface area contributed by atoms with E-state index >= 15 is 0 Å². The van der Waals surface area contributed by atoms with Crippen LogP contribution in [-0.4, -0.2) is 22.8 Å². The summed E-state index contributed by atoms with van der Waals surface area (Å²) in [5.74, 6) is 2.19. The lowest BCUT2D eigenvalue weighted by molar-refractivity contribution is -0.273. The van der Waals surface area contributed by atoms with Crippen LogP contribution in [-0.2, 0) is 9.59 Å². The van der Waals surface area contributed by atoms with Crippen molar-refractivity contribution in [1.29, 1.82) is 0 Å². The van der Waals surface area contributed by atoms with Crippen LogP contribution in [0.5, 0.6) is 0 Å². The van der Waals surface area contributed by atoms with Gasteiger partial charge in [0, 0.05) is 29.6 Å². The first-order chi connectivity index (χ1) is 15.1. The molecule has 0 aliphatic heterocycles. The number of rotatable bonds is 0. The van der Waals surface area contributed by atoms with Gasteiger partial charge in [-0.1, -0.05) is 55.4 Å². The summed E-state index contributed by atoms with van der Waals surface area (Å²) in [7, 11) is 0. The molecule has 0 saturated heterocycles. The number of hydrogen-bond donors (Lipinski definition) is 1. The van der Waals surface area contributed by atoms with Gasteiger partial charge in [0.25, 0.3) is 0 Å². The van der Waals surface area contributed by atoms with E-state index < -0.39 is 6.10 Å². The van der Waals surface area contributed by atoms with E-state index in [1.807, 2.05) is 0 Å². The van der Waals surface area contributed by atoms with Gasteiger partial charge in [-0.3, -0.25) is 9.59 Å². The minimum absolute atomic E-state index is 0.0510. The number of aliphatic hydroxyl groups excluding tert-OH is 1. The van der Waals surface area contributed by atoms with Crippen LogP contribution in [0.15, 0.2) is 0 Å². The predicted octanol–water partition coefficient (Wildman–Crippen LogP) is 6.61. The minimum atomic E-state index is -0.406. The SMILES string of the molecule is C[C@H]1C(=O)CC[C@H]2[C@]3(C)CC[C@@]4(C)[C@@H]5CC(C)(C)C(=O)C[C@]5(C)CC[C@]4(C)[C@H]3C[C@@H](O)[C@]12C. The Bertz CT molecular complexity index is 891. The van der Waals surface area contributed by atoms with E-state index in [4.69, 9.17) is 0 Å². The monoisotopic (exact) mass is 456 g/mol. The maximum atomic E-state index is 13.0. The number of aliphatic hydroxyl groups is 1. The van der Waals surface area contributed by atoms with Crippen molar-refractivity contribution in [2.24, 2.45) is 56.2 Å². The Hall–Kier alpha value is -0.700. The van der Waals surface area contributed by atoms with Gasteiger partial charge in [-0.25, -0.2) is 0 Å². The Kier molecular flexibility index (Phi) is 4.90. The molecule has 5 rings (SSSR count). The lowest BCUT2D eigenvalue weighted by Gasteiger charge is -2.75. The molecule has 0 amide bonds. The van der Waals surface area contributed by atoms with Gasteiger partial charge in [0.15, 0.2) is 0 Å². The van der Waals surface area contributed by atoms with Gasteiger partial charge in [-0.05, 0) is 84.4 Å². The topological polar surface area (TPSA) is 54.4 Å². The Labute approximate surface area is 201 Å². The molecule has 0 aromatic rings. The van der Waals surface area contributed by atoms with Gasteiger partial charge < -0.3 is 5.11 Å². The van der Waals surface area contributed by atoms with E-state index in [0.29, 0.717) is 35.7 Å². The summed E-state index contributed by atoms with van der Waals surface area (Å²) in [6.07, 6.45) is 8.50. The van der Waals surface area contributed by atoms with Crippen LogP contribution in [0, 0.1) is 56.2 Å². The van der Waals surface area contributed by atoms with Crippen molar-refractivity contribution in [2.75, 3.05) is 0 Å². The molecule has 0 radical (unpaired) electrons. The molecule has 0 aromatic heterocycles. The molecule has 5 aliphatic carbocycles. The number of ketones is 2. The minimum Gasteiger partial charge on any atom is -0.393 e. The molecular formula is C30H48O3. The number of carbonyl (C=O) groups is 2. The fourth-order valence-electron chi connectivity index (χ4n) is 11.0. The third-order valence-electron chi connectivity index (χ3n) is 13.7. The largest absolute Gasteiger partial charge is 0.393 e. The summed E-state index contributed by atoms with van der Waals surface area (Å²) in [5.41, 5.74) is 0.107. The highest BCUT2D eigenvalue weighted by atomic mass is 16.3. The van der Waals surface area contributed by atoms with Gasteiger partial charge >= 0.3 is 0 Å². The van der Waals surface area contributed by atoms with Crippen molar-refractivity contribution in [1.82, 2.24) is 0 Å². The molecule has 0 unspecified atom stereocenters. The van der Waals surface area contributed by atoms with E-state index in [0.717, 1.165) is 38.5 Å². The van der Waals surface area contributed by atoms with E-state index in [2.05, 4.69) is 55.4 Å². The fourth-order valence-corrected chi connectivity index (χ4v) is 11.0. The molecule has 186 valence electrons. The molecule has 33 heavy (non-hydrogen) atoms. The first kappa shape index (κ1) is 24.0. The summed E-state index contributed by atoms with van der Waals surface area (Å²) >= 11 is 0. The summed E-state index contributed by atoms with van der Waals surface area (Å²) < 4.78 is 0. The zero-order valence-electron chi connectivity index (χ0n) is 22.5. The third-order valence-corrected chi connectivity index (χ3v) is 13.7. The number of hydrogen-bond acceptors (Lipinski definition) is 3. The number of carbonyl (C=O) groups excluding carboxylic acids is 2. The highest BCUT2D eigenvalue weighted by Crippen LogP contribution is 2.78. The van der Waals surface area contributed by atoms with Crippen LogP contribution in [0.2, 0.25) is 0 Å². The van der Waals surface area contributed by atoms with Crippen molar-refractivity contribution in [3.63, 3.8) is 0 Å². The van der Waals surface area contributed by atoms with E-state index in [-0.39, 0.29) is 38.4 Å². The van der Waals surface area contributed by atoms with Crippen molar-refractivity contribution in [3.05, 3.63) is 0 Å². The molecule has 1 N–H and O–H groups in total. The van der Waals surface area contributed by atoms with Gasteiger partial charge in [-0.2, -0.15) is 0 Å². The predicted molar refractivity (Wildman–Crippen MR) is 132 cm³/mol. The molecule has 0 bridgehead atoms. The average molecular weight is 457 g/mol. The van der Waals surface area contributed by atoms with Crippen LogP contribution in [0.25, 0.3) is 0 Å². The molecular weight excluding hydrogens is 408 g/mol. The fraction of sp³-hybridized carbons (Fsp3) is 0.933. The average Bonchev–Trinajstić information content (AvgIpc) is 2.72. The summed E-state index contributed by atoms with van der Waals surface area (Å²) in [6.45, 7) is 18.7. The van der Waals surface area contributed by atoms with E-state index in [1.54, 1.807) is 0 Å². The first-order valence-corrected chi connectivity index (χ1v) is 13.8. The second-order valence-electron chi connectivity index (χ2n) is 15.2. The molecule has 3 nitrogen and oxygen atoms in total. The van der Waals surface area contributed by atoms with Crippen molar-refractivity contribution < 1.29 is 14.7 Å². The molecule has 10 atom stereocenters. The maximum absolute atomic E-state index is 13.0. The van der Waals surface area contributed by atoms with Crippen molar-refractivity contribution in [2.45, 2.75) is 119 Å². The molecule has 0 heterocycles. The first-order valence-electron chi connectivity index (χ1n) is 13.8. The molecule has 0 spiro atoms. The Morgan fingerprint density at radius 1 is 0.818 bits per heavy atom. The van der Waals surface area contributed by atoms with Crippen molar-refractivity contribution in [3.8, 4) is 0 Å². The van der Waals surface area contributed by atoms with Crippen LogP contribution >= 0.6 is 0 Å². The van der Waals surface area contributed by atoms with Crippen molar-refractivity contribution >= 4 is 11.6 Å². The molecule has 0 aromatic carbocycles. The molecule has 5 aliphatic rings. The quantitative estimate of drug-likeness (QED) is 0.446. The van der Waals surface area contributed by atoms with Crippen LogP contribution in [0.3, 0.4) is 0 Å². The normalized spacial score (nSPS) is 58.0. The highest BCUT2D eigenvalue weighted by molar-refractivity contribution is 5.85.